The summed E-state index contributed by atoms with van der Waals surface area (Å²) in [6.07, 6.45) is 1.41. The molecule has 1 saturated carbocycles. The Morgan fingerprint density at radius 1 is 1.42 bits per heavy atom. The zero-order chi connectivity index (χ0) is 8.48. The van der Waals surface area contributed by atoms with Crippen LogP contribution in [0.4, 0.5) is 0 Å². The van der Waals surface area contributed by atoms with Crippen LogP contribution in [0, 0.1) is 0 Å². The molecule has 0 spiro atoms. The fourth-order valence-corrected chi connectivity index (χ4v) is 1.33. The lowest BCUT2D eigenvalue weighted by Gasteiger charge is -2.31. The molecule has 1 aliphatic rings. The summed E-state index contributed by atoms with van der Waals surface area (Å²) in [6.45, 7) is 0. The van der Waals surface area contributed by atoms with Crippen molar-refractivity contribution < 1.29 is 15.0 Å². The number of nitrogens with two attached hydrogens (primary N) is 1. The lowest BCUT2D eigenvalue weighted by atomic mass is 9.81. The zero-order valence-corrected chi connectivity index (χ0v) is 7.51. The van der Waals surface area contributed by atoms with Crippen molar-refractivity contribution in [1.82, 2.24) is 0 Å². The van der Waals surface area contributed by atoms with E-state index in [0.29, 0.717) is 25.7 Å². The third kappa shape index (κ3) is 2.33. The number of aliphatic hydroxyl groups is 1. The van der Waals surface area contributed by atoms with Crippen LogP contribution in [0.2, 0.25) is 0 Å². The molecule has 0 aromatic heterocycles. The predicted molar refractivity (Wildman–Crippen MR) is 46.3 cm³/mol. The van der Waals surface area contributed by atoms with Gasteiger partial charge in [-0.05, 0) is 25.7 Å². The molecule has 0 radical (unpaired) electrons. The van der Waals surface area contributed by atoms with Gasteiger partial charge in [0.05, 0.1) is 6.10 Å². The van der Waals surface area contributed by atoms with Crippen LogP contribution in [0.5, 0.6) is 0 Å². The number of carboxylic acids is 1. The fraction of sp³-hybridized carbons (Fsp3) is 0.857. The maximum absolute atomic E-state index is 10.6. The first-order chi connectivity index (χ1) is 5.04. The number of hydrogen-bond donors (Lipinski definition) is 3. The molecule has 1 aliphatic carbocycles. The molecule has 4 N–H and O–H groups in total. The Hall–Kier alpha value is -0.320. The van der Waals surface area contributed by atoms with Crippen molar-refractivity contribution in [2.45, 2.75) is 37.3 Å². The highest BCUT2D eigenvalue weighted by Crippen LogP contribution is 2.26. The molecular formula is C7H14ClNO3. The largest absolute Gasteiger partial charge is 0.480 e. The van der Waals surface area contributed by atoms with Crippen LogP contribution in [0.15, 0.2) is 0 Å². The molecule has 0 amide bonds. The van der Waals surface area contributed by atoms with Crippen molar-refractivity contribution in [3.8, 4) is 0 Å². The van der Waals surface area contributed by atoms with Gasteiger partial charge in [0.1, 0.15) is 5.54 Å². The third-order valence-corrected chi connectivity index (χ3v) is 2.27. The zero-order valence-electron chi connectivity index (χ0n) is 6.69. The molecule has 72 valence electrons. The molecule has 0 aliphatic heterocycles. The SMILES string of the molecule is Cl.NC1(C(=O)O)CCC(O)CC1. The molecule has 0 atom stereocenters. The number of hydrogen-bond acceptors (Lipinski definition) is 3. The van der Waals surface area contributed by atoms with E-state index in [2.05, 4.69) is 0 Å². The first-order valence-corrected chi connectivity index (χ1v) is 3.75. The maximum Gasteiger partial charge on any atom is 0.323 e. The molecule has 1 rings (SSSR count). The highest BCUT2D eigenvalue weighted by Gasteiger charge is 2.37. The Labute approximate surface area is 77.2 Å². The number of aliphatic hydroxyl groups excluding tert-OH is 1. The second-order valence-corrected chi connectivity index (χ2v) is 3.19. The van der Waals surface area contributed by atoms with Crippen LogP contribution in [-0.4, -0.2) is 27.8 Å². The lowest BCUT2D eigenvalue weighted by Crippen LogP contribution is -2.51. The van der Waals surface area contributed by atoms with Crippen molar-refractivity contribution in [3.63, 3.8) is 0 Å². The van der Waals surface area contributed by atoms with Gasteiger partial charge >= 0.3 is 5.97 Å². The topological polar surface area (TPSA) is 83.6 Å². The quantitative estimate of drug-likeness (QED) is 0.555. The van der Waals surface area contributed by atoms with Gasteiger partial charge in [-0.15, -0.1) is 12.4 Å². The van der Waals surface area contributed by atoms with Gasteiger partial charge in [-0.1, -0.05) is 0 Å². The summed E-state index contributed by atoms with van der Waals surface area (Å²) < 4.78 is 0. The molecule has 0 bridgehead atoms. The van der Waals surface area contributed by atoms with Gasteiger partial charge in [0, 0.05) is 0 Å². The molecular weight excluding hydrogens is 182 g/mol. The molecule has 1 fully saturated rings. The summed E-state index contributed by atoms with van der Waals surface area (Å²) in [7, 11) is 0. The maximum atomic E-state index is 10.6. The number of rotatable bonds is 1. The van der Waals surface area contributed by atoms with E-state index in [4.69, 9.17) is 15.9 Å². The van der Waals surface area contributed by atoms with E-state index in [0.717, 1.165) is 0 Å². The highest BCUT2D eigenvalue weighted by atomic mass is 35.5. The van der Waals surface area contributed by atoms with E-state index in [-0.39, 0.29) is 18.5 Å². The summed E-state index contributed by atoms with van der Waals surface area (Å²) >= 11 is 0. The second kappa shape index (κ2) is 4.07. The van der Waals surface area contributed by atoms with Gasteiger partial charge in [-0.3, -0.25) is 4.79 Å². The Morgan fingerprint density at radius 2 is 1.83 bits per heavy atom. The van der Waals surface area contributed by atoms with Gasteiger partial charge in [0.2, 0.25) is 0 Å². The fourth-order valence-electron chi connectivity index (χ4n) is 1.33. The van der Waals surface area contributed by atoms with Crippen LogP contribution in [0.25, 0.3) is 0 Å². The standard InChI is InChI=1S/C7H13NO3.ClH/c8-7(6(10)11)3-1-5(9)2-4-7;/h5,9H,1-4,8H2,(H,10,11);1H. The number of halogens is 1. The highest BCUT2D eigenvalue weighted by molar-refractivity contribution is 5.85. The molecule has 0 aromatic carbocycles. The van der Waals surface area contributed by atoms with Gasteiger partial charge < -0.3 is 15.9 Å². The summed E-state index contributed by atoms with van der Waals surface area (Å²) in [6, 6.07) is 0. The Bertz CT molecular complexity index is 166. The van der Waals surface area contributed by atoms with Crippen LogP contribution in [0.3, 0.4) is 0 Å². The minimum absolute atomic E-state index is 0. The van der Waals surface area contributed by atoms with Gasteiger partial charge in [-0.25, -0.2) is 0 Å². The molecule has 0 aromatic rings. The predicted octanol–water partition coefficient (Wildman–Crippen LogP) is 0.125. The normalized spacial score (nSPS) is 35.3. The third-order valence-electron chi connectivity index (χ3n) is 2.27. The van der Waals surface area contributed by atoms with Crippen molar-refractivity contribution >= 4 is 18.4 Å². The Morgan fingerprint density at radius 3 is 2.17 bits per heavy atom. The monoisotopic (exact) mass is 195 g/mol. The summed E-state index contributed by atoms with van der Waals surface area (Å²) in [5.41, 5.74) is 4.47. The van der Waals surface area contributed by atoms with E-state index >= 15 is 0 Å². The van der Waals surface area contributed by atoms with Gasteiger partial charge in [0.25, 0.3) is 0 Å². The number of carbonyl (C=O) groups is 1. The molecule has 4 nitrogen and oxygen atoms in total. The molecule has 0 unspecified atom stereocenters. The minimum atomic E-state index is -1.08. The van der Waals surface area contributed by atoms with Gasteiger partial charge in [-0.2, -0.15) is 0 Å². The average Bonchev–Trinajstić information content (AvgIpc) is 1.95. The lowest BCUT2D eigenvalue weighted by molar-refractivity contribution is -0.145. The van der Waals surface area contributed by atoms with E-state index < -0.39 is 11.5 Å². The van der Waals surface area contributed by atoms with Crippen LogP contribution in [0.1, 0.15) is 25.7 Å². The molecule has 0 heterocycles. The van der Waals surface area contributed by atoms with E-state index in [1.165, 1.54) is 0 Å². The van der Waals surface area contributed by atoms with Gasteiger partial charge in [0.15, 0.2) is 0 Å². The van der Waals surface area contributed by atoms with Crippen LogP contribution in [-0.2, 0) is 4.79 Å². The summed E-state index contributed by atoms with van der Waals surface area (Å²) in [5, 5.41) is 17.8. The van der Waals surface area contributed by atoms with Crippen molar-refractivity contribution in [2.75, 3.05) is 0 Å². The van der Waals surface area contributed by atoms with E-state index in [1.54, 1.807) is 0 Å². The molecule has 5 heteroatoms. The van der Waals surface area contributed by atoms with E-state index in [9.17, 15) is 4.79 Å². The summed E-state index contributed by atoms with van der Waals surface area (Å²) in [5.74, 6) is -0.954. The average molecular weight is 196 g/mol. The minimum Gasteiger partial charge on any atom is -0.480 e. The molecule has 0 saturated heterocycles. The Balaban J connectivity index is 0.00000121. The van der Waals surface area contributed by atoms with E-state index in [1.807, 2.05) is 0 Å². The van der Waals surface area contributed by atoms with Crippen molar-refractivity contribution in [3.05, 3.63) is 0 Å². The first kappa shape index (κ1) is 11.7. The van der Waals surface area contributed by atoms with Crippen molar-refractivity contribution in [2.24, 2.45) is 5.73 Å². The Kier molecular flexibility index (Phi) is 3.96. The second-order valence-electron chi connectivity index (χ2n) is 3.19. The molecule has 12 heavy (non-hydrogen) atoms. The summed E-state index contributed by atoms with van der Waals surface area (Å²) in [4.78, 5) is 10.6. The van der Waals surface area contributed by atoms with Crippen molar-refractivity contribution in [1.29, 1.82) is 0 Å². The van der Waals surface area contributed by atoms with Crippen LogP contribution < -0.4 is 5.73 Å². The number of carboxylic acid groups (broad SMARTS) is 1. The first-order valence-electron chi connectivity index (χ1n) is 3.75. The van der Waals surface area contributed by atoms with Crippen LogP contribution >= 0.6 is 12.4 Å². The number of aliphatic carboxylic acids is 1. The smallest absolute Gasteiger partial charge is 0.323 e.